The molecule has 0 spiro atoms. The van der Waals surface area contributed by atoms with Gasteiger partial charge in [0, 0.05) is 11.5 Å². The van der Waals surface area contributed by atoms with Crippen LogP contribution in [0.25, 0.3) is 27.4 Å². The number of carboxylic acids is 1. The minimum Gasteiger partial charge on any atom is -0.507 e. The molecular weight excluding hydrogens is 407 g/mol. The number of halogens is 1. The van der Waals surface area contributed by atoms with Crippen molar-refractivity contribution in [1.29, 1.82) is 0 Å². The standard InChI is InChI=1S/C26H21FN2O3/c1-14-4-3-5-15(10-14)16-8-9-26(2,27)19(12-16)24-28-20-7-6-17-11-18(25(31)32)13-21(30)22(17)23(20)29-24/h3-13,16,30H,1-2H3,(H,28,29)(H,31,32). The number of nitrogens with zero attached hydrogens (tertiary/aromatic N) is 1. The normalized spacial score (nSPS) is 20.6. The number of aromatic nitrogens is 2. The number of aryl methyl sites for hydroxylation is 1. The predicted molar refractivity (Wildman–Crippen MR) is 123 cm³/mol. The van der Waals surface area contributed by atoms with Gasteiger partial charge < -0.3 is 15.2 Å². The topological polar surface area (TPSA) is 86.2 Å². The summed E-state index contributed by atoms with van der Waals surface area (Å²) < 4.78 is 15.5. The number of aromatic carboxylic acids is 1. The maximum absolute atomic E-state index is 15.5. The van der Waals surface area contributed by atoms with Gasteiger partial charge in [-0.15, -0.1) is 0 Å². The molecule has 0 fully saturated rings. The number of carbonyl (C=O) groups is 1. The Kier molecular flexibility index (Phi) is 4.41. The first-order valence-electron chi connectivity index (χ1n) is 10.3. The van der Waals surface area contributed by atoms with E-state index in [4.69, 9.17) is 0 Å². The number of hydrogen-bond acceptors (Lipinski definition) is 3. The van der Waals surface area contributed by atoms with Crippen LogP contribution >= 0.6 is 0 Å². The number of phenols is 1. The quantitative estimate of drug-likeness (QED) is 0.355. The smallest absolute Gasteiger partial charge is 0.335 e. The van der Waals surface area contributed by atoms with Crippen LogP contribution in [0.3, 0.4) is 0 Å². The number of imidazole rings is 1. The minimum atomic E-state index is -1.72. The summed E-state index contributed by atoms with van der Waals surface area (Å²) in [5.74, 6) is -1.02. The van der Waals surface area contributed by atoms with Gasteiger partial charge in [-0.25, -0.2) is 14.2 Å². The zero-order valence-electron chi connectivity index (χ0n) is 17.6. The molecule has 0 saturated heterocycles. The average molecular weight is 428 g/mol. The monoisotopic (exact) mass is 428 g/mol. The molecule has 1 aromatic heterocycles. The van der Waals surface area contributed by atoms with Crippen LogP contribution in [0.5, 0.6) is 5.75 Å². The molecule has 2 unspecified atom stereocenters. The molecule has 4 aromatic rings. The van der Waals surface area contributed by atoms with E-state index in [2.05, 4.69) is 16.0 Å². The summed E-state index contributed by atoms with van der Waals surface area (Å²) in [6.07, 6.45) is 5.28. The third-order valence-electron chi connectivity index (χ3n) is 5.96. The van der Waals surface area contributed by atoms with Crippen LogP contribution in [-0.4, -0.2) is 31.8 Å². The second-order valence-electron chi connectivity index (χ2n) is 8.40. The summed E-state index contributed by atoms with van der Waals surface area (Å²) >= 11 is 0. The Balaban J connectivity index is 1.67. The van der Waals surface area contributed by atoms with Crippen molar-refractivity contribution in [2.45, 2.75) is 25.4 Å². The Bertz CT molecular complexity index is 1460. The van der Waals surface area contributed by atoms with Gasteiger partial charge in [-0.05, 0) is 49.1 Å². The van der Waals surface area contributed by atoms with E-state index in [-0.39, 0.29) is 17.2 Å². The third kappa shape index (κ3) is 3.24. The molecule has 0 aliphatic heterocycles. The molecule has 2 atom stereocenters. The van der Waals surface area contributed by atoms with E-state index in [0.717, 1.165) is 11.1 Å². The van der Waals surface area contributed by atoms with Crippen LogP contribution in [0.15, 0.2) is 66.8 Å². The molecular formula is C26H21FN2O3. The summed E-state index contributed by atoms with van der Waals surface area (Å²) in [6, 6.07) is 14.3. The van der Waals surface area contributed by atoms with Crippen LogP contribution in [0.2, 0.25) is 0 Å². The fraction of sp³-hybridized carbons (Fsp3) is 0.154. The summed E-state index contributed by atoms with van der Waals surface area (Å²) in [4.78, 5) is 19.1. The molecule has 3 aromatic carbocycles. The van der Waals surface area contributed by atoms with Gasteiger partial charge in [-0.2, -0.15) is 0 Å². The van der Waals surface area contributed by atoms with Crippen LogP contribution in [0.4, 0.5) is 4.39 Å². The largest absolute Gasteiger partial charge is 0.507 e. The number of carboxylic acid groups (broad SMARTS) is 1. The predicted octanol–water partition coefficient (Wildman–Crippen LogP) is 5.89. The van der Waals surface area contributed by atoms with Gasteiger partial charge in [0.1, 0.15) is 17.1 Å². The minimum absolute atomic E-state index is 0.0115. The number of aromatic amines is 1. The lowest BCUT2D eigenvalue weighted by Gasteiger charge is -2.26. The zero-order valence-corrected chi connectivity index (χ0v) is 17.6. The molecule has 1 aliphatic rings. The number of benzene rings is 3. The Morgan fingerprint density at radius 1 is 1.19 bits per heavy atom. The number of H-pyrrole nitrogens is 1. The lowest BCUT2D eigenvalue weighted by atomic mass is 9.83. The summed E-state index contributed by atoms with van der Waals surface area (Å²) in [6.45, 7) is 3.51. The van der Waals surface area contributed by atoms with Crippen molar-refractivity contribution in [2.24, 2.45) is 0 Å². The Morgan fingerprint density at radius 3 is 2.75 bits per heavy atom. The van der Waals surface area contributed by atoms with E-state index < -0.39 is 11.6 Å². The van der Waals surface area contributed by atoms with Crippen molar-refractivity contribution in [1.82, 2.24) is 9.97 Å². The van der Waals surface area contributed by atoms with E-state index in [1.807, 2.05) is 37.3 Å². The highest BCUT2D eigenvalue weighted by Gasteiger charge is 2.33. The highest BCUT2D eigenvalue weighted by atomic mass is 19.1. The van der Waals surface area contributed by atoms with E-state index >= 15 is 4.39 Å². The fourth-order valence-electron chi connectivity index (χ4n) is 4.33. The maximum Gasteiger partial charge on any atom is 0.335 e. The van der Waals surface area contributed by atoms with Crippen molar-refractivity contribution in [3.63, 3.8) is 0 Å². The first-order valence-corrected chi connectivity index (χ1v) is 10.3. The summed E-state index contributed by atoms with van der Waals surface area (Å²) in [5.41, 5.74) is 1.97. The molecule has 1 aliphatic carbocycles. The first kappa shape index (κ1) is 20.0. The van der Waals surface area contributed by atoms with Crippen molar-refractivity contribution in [2.75, 3.05) is 0 Å². The van der Waals surface area contributed by atoms with E-state index in [9.17, 15) is 15.0 Å². The Hall–Kier alpha value is -3.93. The number of alkyl halides is 1. The third-order valence-corrected chi connectivity index (χ3v) is 5.96. The second kappa shape index (κ2) is 7.05. The number of phenolic OH excluding ortho intramolecular Hbond substituents is 1. The van der Waals surface area contributed by atoms with Crippen LogP contribution in [0.1, 0.15) is 40.2 Å². The molecule has 32 heavy (non-hydrogen) atoms. The van der Waals surface area contributed by atoms with Gasteiger partial charge in [0.15, 0.2) is 5.67 Å². The number of hydrogen-bond donors (Lipinski definition) is 3. The molecule has 5 nitrogen and oxygen atoms in total. The molecule has 0 saturated carbocycles. The summed E-state index contributed by atoms with van der Waals surface area (Å²) in [5, 5.41) is 20.8. The number of nitrogens with one attached hydrogen (secondary N) is 1. The van der Waals surface area contributed by atoms with E-state index in [1.165, 1.54) is 19.1 Å². The van der Waals surface area contributed by atoms with E-state index in [0.29, 0.717) is 33.2 Å². The van der Waals surface area contributed by atoms with Crippen molar-refractivity contribution in [3.8, 4) is 5.75 Å². The average Bonchev–Trinajstić information content (AvgIpc) is 3.17. The molecule has 5 rings (SSSR count). The van der Waals surface area contributed by atoms with Gasteiger partial charge in [-0.3, -0.25) is 0 Å². The number of rotatable bonds is 3. The van der Waals surface area contributed by atoms with Crippen LogP contribution < -0.4 is 0 Å². The molecule has 0 bridgehead atoms. The molecule has 0 amide bonds. The molecule has 6 heteroatoms. The summed E-state index contributed by atoms with van der Waals surface area (Å²) in [7, 11) is 0. The van der Waals surface area contributed by atoms with Gasteiger partial charge >= 0.3 is 5.97 Å². The van der Waals surface area contributed by atoms with Crippen molar-refractivity contribution in [3.05, 3.63) is 89.3 Å². The highest BCUT2D eigenvalue weighted by molar-refractivity contribution is 6.10. The SMILES string of the molecule is Cc1cccc(C2C=CC(C)(F)C(c3nc4c(ccc5cc(C(=O)O)cc(O)c54)[nH]3)=C2)c1. The van der Waals surface area contributed by atoms with Gasteiger partial charge in [-0.1, -0.05) is 48.0 Å². The van der Waals surface area contributed by atoms with Gasteiger partial charge in [0.2, 0.25) is 0 Å². The van der Waals surface area contributed by atoms with Gasteiger partial charge in [0.25, 0.3) is 0 Å². The maximum atomic E-state index is 15.5. The van der Waals surface area contributed by atoms with Crippen LogP contribution in [-0.2, 0) is 0 Å². The Morgan fingerprint density at radius 2 is 2.00 bits per heavy atom. The van der Waals surface area contributed by atoms with E-state index in [1.54, 1.807) is 18.2 Å². The van der Waals surface area contributed by atoms with Crippen LogP contribution in [0, 0.1) is 6.92 Å². The molecule has 1 heterocycles. The highest BCUT2D eigenvalue weighted by Crippen LogP contribution is 2.40. The molecule has 3 N–H and O–H groups in total. The fourth-order valence-corrected chi connectivity index (χ4v) is 4.33. The number of aromatic hydroxyl groups is 1. The Labute approximate surface area is 183 Å². The van der Waals surface area contributed by atoms with Crippen molar-refractivity contribution >= 4 is 33.3 Å². The number of fused-ring (bicyclic) bond motifs is 3. The second-order valence-corrected chi connectivity index (χ2v) is 8.40. The first-order chi connectivity index (χ1) is 15.2. The molecule has 0 radical (unpaired) electrons. The molecule has 160 valence electrons. The lowest BCUT2D eigenvalue weighted by molar-refractivity contribution is 0.0696. The lowest BCUT2D eigenvalue weighted by Crippen LogP contribution is -2.21. The van der Waals surface area contributed by atoms with Gasteiger partial charge in [0.05, 0.1) is 16.5 Å². The van der Waals surface area contributed by atoms with Crippen molar-refractivity contribution < 1.29 is 19.4 Å². The zero-order chi connectivity index (χ0) is 22.6. The number of allylic oxidation sites excluding steroid dienone is 4.